The molecule has 6 heteroatoms. The lowest BCUT2D eigenvalue weighted by Crippen LogP contribution is -2.08. The van der Waals surface area contributed by atoms with Crippen molar-refractivity contribution in [2.75, 3.05) is 0 Å². The van der Waals surface area contributed by atoms with E-state index in [0.717, 1.165) is 11.3 Å². The van der Waals surface area contributed by atoms with E-state index in [1.54, 1.807) is 6.07 Å². The number of fused-ring (bicyclic) bond motifs is 1. The van der Waals surface area contributed by atoms with Gasteiger partial charge in [0.1, 0.15) is 16.7 Å². The third kappa shape index (κ3) is 2.30. The number of halogens is 2. The van der Waals surface area contributed by atoms with Crippen molar-refractivity contribution in [2.45, 2.75) is 18.8 Å². The first-order valence-electron chi connectivity index (χ1n) is 5.73. The molecule has 3 nitrogen and oxygen atoms in total. The molecule has 0 saturated carbocycles. The molecule has 0 spiro atoms. The molecule has 0 aliphatic heterocycles. The van der Waals surface area contributed by atoms with Crippen LogP contribution in [0.5, 0.6) is 0 Å². The summed E-state index contributed by atoms with van der Waals surface area (Å²) in [5.74, 6) is -1.69. The normalized spacial score (nSPS) is 17.5. The van der Waals surface area contributed by atoms with Crippen molar-refractivity contribution in [3.63, 3.8) is 0 Å². The fourth-order valence-corrected chi connectivity index (χ4v) is 3.86. The quantitative estimate of drug-likeness (QED) is 0.903. The zero-order valence-corrected chi connectivity index (χ0v) is 12.1. The van der Waals surface area contributed by atoms with Gasteiger partial charge in [-0.3, -0.25) is 4.79 Å². The van der Waals surface area contributed by atoms with Crippen molar-refractivity contribution >= 4 is 33.2 Å². The van der Waals surface area contributed by atoms with Gasteiger partial charge in [-0.05, 0) is 31.0 Å². The number of carboxylic acid groups (broad SMARTS) is 1. The number of hydrogen-bond acceptors (Lipinski definition) is 3. The number of rotatable bonds is 2. The fourth-order valence-electron chi connectivity index (χ4n) is 2.27. The maximum atomic E-state index is 13.4. The minimum absolute atomic E-state index is 0.338. The maximum Gasteiger partial charge on any atom is 0.312 e. The predicted octanol–water partition coefficient (Wildman–Crippen LogP) is 3.83. The maximum absolute atomic E-state index is 13.4. The summed E-state index contributed by atoms with van der Waals surface area (Å²) in [7, 11) is 0. The highest BCUT2D eigenvalue weighted by molar-refractivity contribution is 9.10. The minimum Gasteiger partial charge on any atom is -0.481 e. The van der Waals surface area contributed by atoms with Crippen molar-refractivity contribution < 1.29 is 14.3 Å². The molecule has 1 aliphatic rings. The Balaban J connectivity index is 2.04. The van der Waals surface area contributed by atoms with E-state index in [1.807, 2.05) is 0 Å². The molecule has 0 amide bonds. The molecule has 1 atom stereocenters. The van der Waals surface area contributed by atoms with Crippen LogP contribution in [0, 0.1) is 5.82 Å². The Morgan fingerprint density at radius 1 is 1.47 bits per heavy atom. The van der Waals surface area contributed by atoms with E-state index in [9.17, 15) is 9.18 Å². The Hall–Kier alpha value is -1.27. The van der Waals surface area contributed by atoms with Gasteiger partial charge < -0.3 is 5.11 Å². The van der Waals surface area contributed by atoms with E-state index in [2.05, 4.69) is 20.9 Å². The average molecular weight is 342 g/mol. The number of carboxylic acids is 1. The molecule has 2 aromatic rings. The number of thiazole rings is 1. The Kier molecular flexibility index (Phi) is 3.14. The highest BCUT2D eigenvalue weighted by Gasteiger charge is 2.32. The largest absolute Gasteiger partial charge is 0.481 e. The van der Waals surface area contributed by atoms with Gasteiger partial charge in [-0.1, -0.05) is 15.9 Å². The van der Waals surface area contributed by atoms with Gasteiger partial charge >= 0.3 is 5.97 Å². The second kappa shape index (κ2) is 4.68. The monoisotopic (exact) mass is 341 g/mol. The zero-order valence-electron chi connectivity index (χ0n) is 9.69. The van der Waals surface area contributed by atoms with Crippen LogP contribution in [0.3, 0.4) is 0 Å². The molecule has 98 valence electrons. The van der Waals surface area contributed by atoms with Crippen LogP contribution in [0.4, 0.5) is 4.39 Å². The summed E-state index contributed by atoms with van der Waals surface area (Å²) in [4.78, 5) is 16.5. The van der Waals surface area contributed by atoms with Gasteiger partial charge in [0.05, 0.1) is 5.69 Å². The standard InChI is InChI=1S/C13H9BrFNO2S/c14-7-3-6(4-8(15)5-7)12-16-11-9(13(17)18)1-2-10(11)19-12/h3-5,9H,1-2H2,(H,17,18). The van der Waals surface area contributed by atoms with Gasteiger partial charge in [0, 0.05) is 14.9 Å². The van der Waals surface area contributed by atoms with Crippen LogP contribution in [0.2, 0.25) is 0 Å². The van der Waals surface area contributed by atoms with Gasteiger partial charge in [0.25, 0.3) is 0 Å². The van der Waals surface area contributed by atoms with E-state index >= 15 is 0 Å². The smallest absolute Gasteiger partial charge is 0.312 e. The summed E-state index contributed by atoms with van der Waals surface area (Å²) in [5.41, 5.74) is 1.32. The van der Waals surface area contributed by atoms with Crippen molar-refractivity contribution in [1.29, 1.82) is 0 Å². The molecule has 0 radical (unpaired) electrons. The fraction of sp³-hybridized carbons (Fsp3) is 0.231. The van der Waals surface area contributed by atoms with E-state index in [0.29, 0.717) is 27.2 Å². The van der Waals surface area contributed by atoms with Crippen molar-refractivity contribution in [2.24, 2.45) is 0 Å². The molecule has 1 unspecified atom stereocenters. The number of nitrogens with zero attached hydrogens (tertiary/aromatic N) is 1. The van der Waals surface area contributed by atoms with Crippen molar-refractivity contribution in [1.82, 2.24) is 4.98 Å². The molecule has 1 aliphatic carbocycles. The van der Waals surface area contributed by atoms with Gasteiger partial charge in [0.15, 0.2) is 0 Å². The van der Waals surface area contributed by atoms with Gasteiger partial charge in [-0.25, -0.2) is 9.37 Å². The topological polar surface area (TPSA) is 50.2 Å². The minimum atomic E-state index is -0.837. The third-order valence-electron chi connectivity index (χ3n) is 3.13. The van der Waals surface area contributed by atoms with Crippen LogP contribution in [-0.2, 0) is 11.2 Å². The Morgan fingerprint density at radius 2 is 2.26 bits per heavy atom. The number of aliphatic carboxylic acids is 1. The van der Waals surface area contributed by atoms with Crippen LogP contribution in [-0.4, -0.2) is 16.1 Å². The summed E-state index contributed by atoms with van der Waals surface area (Å²) in [5, 5.41) is 9.80. The van der Waals surface area contributed by atoms with Crippen LogP contribution < -0.4 is 0 Å². The number of aryl methyl sites for hydroxylation is 1. The first-order chi connectivity index (χ1) is 9.04. The summed E-state index contributed by atoms with van der Waals surface area (Å²) in [6.45, 7) is 0. The SMILES string of the molecule is O=C(O)C1CCc2sc(-c3cc(F)cc(Br)c3)nc21. The Bertz CT molecular complexity index is 650. The molecule has 3 rings (SSSR count). The molecule has 0 bridgehead atoms. The molecular formula is C13H9BrFNO2S. The van der Waals surface area contributed by atoms with Crippen LogP contribution in [0.15, 0.2) is 22.7 Å². The number of benzene rings is 1. The second-order valence-electron chi connectivity index (χ2n) is 4.42. The predicted molar refractivity (Wildman–Crippen MR) is 73.9 cm³/mol. The molecule has 1 aromatic heterocycles. The molecule has 19 heavy (non-hydrogen) atoms. The van der Waals surface area contributed by atoms with Crippen LogP contribution in [0.1, 0.15) is 22.9 Å². The molecule has 1 aromatic carbocycles. The lowest BCUT2D eigenvalue weighted by molar-refractivity contribution is -0.138. The lowest BCUT2D eigenvalue weighted by Gasteiger charge is -2.02. The molecule has 0 fully saturated rings. The third-order valence-corrected chi connectivity index (χ3v) is 4.76. The van der Waals surface area contributed by atoms with Crippen LogP contribution in [0.25, 0.3) is 10.6 Å². The summed E-state index contributed by atoms with van der Waals surface area (Å²) < 4.78 is 14.0. The number of carbonyl (C=O) groups is 1. The lowest BCUT2D eigenvalue weighted by atomic mass is 10.1. The highest BCUT2D eigenvalue weighted by atomic mass is 79.9. The highest BCUT2D eigenvalue weighted by Crippen LogP contribution is 2.40. The van der Waals surface area contributed by atoms with Gasteiger partial charge in [-0.2, -0.15) is 0 Å². The number of hydrogen-bond donors (Lipinski definition) is 1. The van der Waals surface area contributed by atoms with Gasteiger partial charge in [-0.15, -0.1) is 11.3 Å². The average Bonchev–Trinajstić information content (AvgIpc) is 2.85. The Labute approximate surface area is 121 Å². The van der Waals surface area contributed by atoms with E-state index in [-0.39, 0.29) is 5.82 Å². The first-order valence-corrected chi connectivity index (χ1v) is 7.34. The molecule has 1 N–H and O–H groups in total. The molecular weight excluding hydrogens is 333 g/mol. The van der Waals surface area contributed by atoms with Crippen molar-refractivity contribution in [3.8, 4) is 10.6 Å². The zero-order chi connectivity index (χ0) is 13.6. The summed E-state index contributed by atoms with van der Waals surface area (Å²) in [6.07, 6.45) is 1.34. The van der Waals surface area contributed by atoms with E-state index < -0.39 is 11.9 Å². The first kappa shape index (κ1) is 12.7. The number of aromatic nitrogens is 1. The van der Waals surface area contributed by atoms with E-state index in [4.69, 9.17) is 5.11 Å². The molecule has 0 saturated heterocycles. The second-order valence-corrected chi connectivity index (χ2v) is 6.41. The van der Waals surface area contributed by atoms with Crippen molar-refractivity contribution in [3.05, 3.63) is 39.1 Å². The summed E-state index contributed by atoms with van der Waals surface area (Å²) in [6, 6.07) is 4.58. The summed E-state index contributed by atoms with van der Waals surface area (Å²) >= 11 is 4.70. The molecule has 1 heterocycles. The van der Waals surface area contributed by atoms with E-state index in [1.165, 1.54) is 23.5 Å². The van der Waals surface area contributed by atoms with Gasteiger partial charge in [0.2, 0.25) is 0 Å². The van der Waals surface area contributed by atoms with Crippen LogP contribution >= 0.6 is 27.3 Å². The Morgan fingerprint density at radius 3 is 2.95 bits per heavy atom.